The predicted molar refractivity (Wildman–Crippen MR) is 146 cm³/mol. The molecule has 0 aliphatic carbocycles. The molecule has 192 valence electrons. The molecule has 5 nitrogen and oxygen atoms in total. The molecule has 0 bridgehead atoms. The molecule has 1 aliphatic heterocycles. The van der Waals surface area contributed by atoms with E-state index in [0.29, 0.717) is 31.2 Å². The summed E-state index contributed by atoms with van der Waals surface area (Å²) in [5, 5.41) is 0. The van der Waals surface area contributed by atoms with Gasteiger partial charge in [0, 0.05) is 25.4 Å². The van der Waals surface area contributed by atoms with E-state index >= 15 is 0 Å². The number of halogens is 1. The fraction of sp³-hybridized carbons (Fsp3) is 0.355. The third kappa shape index (κ3) is 5.24. The van der Waals surface area contributed by atoms with Crippen LogP contribution in [0.25, 0.3) is 11.0 Å². The third-order valence-electron chi connectivity index (χ3n) is 7.14. The van der Waals surface area contributed by atoms with Gasteiger partial charge in [-0.3, -0.25) is 4.79 Å². The number of nitrogens with zero attached hydrogens (tertiary/aromatic N) is 3. The Hall–Kier alpha value is -3.67. The number of hydrogen-bond acceptors (Lipinski definition) is 3. The number of carbonyl (C=O) groups excluding carboxylic acids is 1. The first kappa shape index (κ1) is 25.0. The van der Waals surface area contributed by atoms with Crippen LogP contribution in [0.15, 0.2) is 66.7 Å². The molecule has 3 aromatic carbocycles. The van der Waals surface area contributed by atoms with Crippen LogP contribution < -0.4 is 9.64 Å². The Morgan fingerprint density at radius 3 is 2.65 bits per heavy atom. The number of carbonyl (C=O) groups is 1. The van der Waals surface area contributed by atoms with E-state index < -0.39 is 0 Å². The minimum absolute atomic E-state index is 0.0683. The van der Waals surface area contributed by atoms with Gasteiger partial charge >= 0.3 is 0 Å². The maximum Gasteiger partial charge on any atom is 0.227 e. The van der Waals surface area contributed by atoms with E-state index in [1.807, 2.05) is 18.2 Å². The van der Waals surface area contributed by atoms with Crippen LogP contribution in [0, 0.1) is 12.7 Å². The van der Waals surface area contributed by atoms with Crippen molar-refractivity contribution in [2.75, 3.05) is 18.1 Å². The van der Waals surface area contributed by atoms with Crippen molar-refractivity contribution in [3.8, 4) is 5.75 Å². The average molecular weight is 500 g/mol. The standard InChI is InChI=1S/C31H34FN3O2/c1-21(2)24-15-14-22(3)18-29(24)37-17-9-8-16-34-28-13-7-5-11-26(28)33-31(34)23-19-30(36)35(20-23)27-12-6-4-10-25(27)32/h4-7,10-15,18,21,23H,8-9,16-17,19-20H2,1-3H3. The third-order valence-corrected chi connectivity index (χ3v) is 7.14. The first-order valence-electron chi connectivity index (χ1n) is 13.2. The molecule has 5 rings (SSSR count). The van der Waals surface area contributed by atoms with Crippen molar-refractivity contribution in [1.29, 1.82) is 0 Å². The molecule has 1 atom stereocenters. The molecule has 37 heavy (non-hydrogen) atoms. The van der Waals surface area contributed by atoms with Gasteiger partial charge in [0.1, 0.15) is 17.4 Å². The summed E-state index contributed by atoms with van der Waals surface area (Å²) in [5.74, 6) is 1.75. The number of benzene rings is 3. The second-order valence-corrected chi connectivity index (χ2v) is 10.2. The monoisotopic (exact) mass is 499 g/mol. The Kier molecular flexibility index (Phi) is 7.26. The van der Waals surface area contributed by atoms with Gasteiger partial charge in [-0.25, -0.2) is 9.37 Å². The molecule has 0 N–H and O–H groups in total. The van der Waals surface area contributed by atoms with Gasteiger partial charge in [0.2, 0.25) is 5.91 Å². The fourth-order valence-corrected chi connectivity index (χ4v) is 5.22. The average Bonchev–Trinajstić information content (AvgIpc) is 3.44. The van der Waals surface area contributed by atoms with Crippen LogP contribution in [0.1, 0.15) is 61.9 Å². The number of aryl methyl sites for hydroxylation is 2. The van der Waals surface area contributed by atoms with Gasteiger partial charge in [-0.15, -0.1) is 0 Å². The van der Waals surface area contributed by atoms with Crippen LogP contribution in [0.2, 0.25) is 0 Å². The SMILES string of the molecule is Cc1ccc(C(C)C)c(OCCCCn2c(C3CC(=O)N(c4ccccc4F)C3)nc3ccccc32)c1. The lowest BCUT2D eigenvalue weighted by Gasteiger charge is -2.18. The number of ether oxygens (including phenoxy) is 1. The minimum Gasteiger partial charge on any atom is -0.493 e. The lowest BCUT2D eigenvalue weighted by Crippen LogP contribution is -2.25. The summed E-state index contributed by atoms with van der Waals surface area (Å²) < 4.78 is 22.9. The second kappa shape index (κ2) is 10.8. The number of rotatable bonds is 9. The van der Waals surface area contributed by atoms with Crippen molar-refractivity contribution in [3.63, 3.8) is 0 Å². The number of amides is 1. The number of aromatic nitrogens is 2. The van der Waals surface area contributed by atoms with E-state index in [1.54, 1.807) is 23.1 Å². The topological polar surface area (TPSA) is 47.4 Å². The van der Waals surface area contributed by atoms with Gasteiger partial charge in [0.25, 0.3) is 0 Å². The maximum atomic E-state index is 14.4. The number of hydrogen-bond donors (Lipinski definition) is 0. The summed E-state index contributed by atoms with van der Waals surface area (Å²) >= 11 is 0. The molecule has 1 saturated heterocycles. The van der Waals surface area contributed by atoms with Crippen molar-refractivity contribution in [3.05, 3.63) is 89.5 Å². The van der Waals surface area contributed by atoms with Crippen molar-refractivity contribution in [2.45, 2.75) is 58.4 Å². The Labute approximate surface area is 217 Å². The van der Waals surface area contributed by atoms with Gasteiger partial charge in [0.15, 0.2) is 0 Å². The number of para-hydroxylation sites is 3. The van der Waals surface area contributed by atoms with Crippen LogP contribution in [0.3, 0.4) is 0 Å². The van der Waals surface area contributed by atoms with E-state index in [0.717, 1.165) is 42.0 Å². The molecule has 1 unspecified atom stereocenters. The Bertz CT molecular complexity index is 1410. The summed E-state index contributed by atoms with van der Waals surface area (Å²) in [6.45, 7) is 8.32. The zero-order valence-electron chi connectivity index (χ0n) is 21.8. The molecule has 6 heteroatoms. The van der Waals surface area contributed by atoms with Crippen LogP contribution in [0.5, 0.6) is 5.75 Å². The normalized spacial score (nSPS) is 15.8. The molecule has 2 heterocycles. The first-order valence-corrected chi connectivity index (χ1v) is 13.2. The summed E-state index contributed by atoms with van der Waals surface area (Å²) in [7, 11) is 0. The van der Waals surface area contributed by atoms with E-state index in [-0.39, 0.29) is 17.6 Å². The van der Waals surface area contributed by atoms with Crippen molar-refractivity contribution < 1.29 is 13.9 Å². The molecular weight excluding hydrogens is 465 g/mol. The molecule has 0 saturated carbocycles. The first-order chi connectivity index (χ1) is 17.9. The number of anilines is 1. The highest BCUT2D eigenvalue weighted by Crippen LogP contribution is 2.34. The van der Waals surface area contributed by atoms with Gasteiger partial charge in [-0.2, -0.15) is 0 Å². The van der Waals surface area contributed by atoms with Crippen molar-refractivity contribution >= 4 is 22.6 Å². The Balaban J connectivity index is 1.29. The largest absolute Gasteiger partial charge is 0.493 e. The highest BCUT2D eigenvalue weighted by atomic mass is 19.1. The number of imidazole rings is 1. The van der Waals surface area contributed by atoms with Gasteiger partial charge < -0.3 is 14.2 Å². The quantitative estimate of drug-likeness (QED) is 0.233. The maximum absolute atomic E-state index is 14.4. The molecule has 1 fully saturated rings. The van der Waals surface area contributed by atoms with Crippen molar-refractivity contribution in [1.82, 2.24) is 9.55 Å². The molecule has 1 aliphatic rings. The molecule has 1 amide bonds. The highest BCUT2D eigenvalue weighted by Gasteiger charge is 2.35. The predicted octanol–water partition coefficient (Wildman–Crippen LogP) is 6.99. The van der Waals surface area contributed by atoms with Gasteiger partial charge in [0.05, 0.1) is 23.3 Å². The van der Waals surface area contributed by atoms with Gasteiger partial charge in [-0.1, -0.05) is 50.2 Å². The van der Waals surface area contributed by atoms with Crippen LogP contribution in [0.4, 0.5) is 10.1 Å². The van der Waals surface area contributed by atoms with E-state index in [9.17, 15) is 9.18 Å². The van der Waals surface area contributed by atoms with E-state index in [4.69, 9.17) is 9.72 Å². The molecule has 1 aromatic heterocycles. The number of fused-ring (bicyclic) bond motifs is 1. The fourth-order valence-electron chi connectivity index (χ4n) is 5.22. The van der Waals surface area contributed by atoms with Crippen LogP contribution >= 0.6 is 0 Å². The molecule has 4 aromatic rings. The molecule has 0 radical (unpaired) electrons. The second-order valence-electron chi connectivity index (χ2n) is 10.2. The minimum atomic E-state index is -0.376. The molecule has 0 spiro atoms. The summed E-state index contributed by atoms with van der Waals surface area (Å²) in [4.78, 5) is 19.4. The zero-order valence-corrected chi connectivity index (χ0v) is 21.8. The number of unbranched alkanes of at least 4 members (excludes halogenated alkanes) is 1. The van der Waals surface area contributed by atoms with E-state index in [2.05, 4.69) is 49.6 Å². The molecular formula is C31H34FN3O2. The summed E-state index contributed by atoms with van der Waals surface area (Å²) in [6, 6.07) is 21.0. The van der Waals surface area contributed by atoms with Crippen LogP contribution in [-0.4, -0.2) is 28.6 Å². The zero-order chi connectivity index (χ0) is 25.9. The Morgan fingerprint density at radius 2 is 1.84 bits per heavy atom. The lowest BCUT2D eigenvalue weighted by atomic mass is 10.0. The summed E-state index contributed by atoms with van der Waals surface area (Å²) in [5.41, 5.74) is 4.76. The lowest BCUT2D eigenvalue weighted by molar-refractivity contribution is -0.117. The van der Waals surface area contributed by atoms with Crippen LogP contribution in [-0.2, 0) is 11.3 Å². The Morgan fingerprint density at radius 1 is 1.05 bits per heavy atom. The van der Waals surface area contributed by atoms with E-state index in [1.165, 1.54) is 17.2 Å². The summed E-state index contributed by atoms with van der Waals surface area (Å²) in [6.07, 6.45) is 2.16. The highest BCUT2D eigenvalue weighted by molar-refractivity contribution is 5.96. The van der Waals surface area contributed by atoms with Gasteiger partial charge in [-0.05, 0) is 67.1 Å². The van der Waals surface area contributed by atoms with Crippen molar-refractivity contribution in [2.24, 2.45) is 0 Å². The smallest absolute Gasteiger partial charge is 0.227 e.